The summed E-state index contributed by atoms with van der Waals surface area (Å²) >= 11 is 0. The number of aliphatic hydroxyl groups excluding tert-OH is 1. The average Bonchev–Trinajstić information content (AvgIpc) is 2.74. The lowest BCUT2D eigenvalue weighted by atomic mass is 9.80. The molecular weight excluding hydrogens is 396 g/mol. The van der Waals surface area contributed by atoms with Crippen LogP contribution in [0.4, 0.5) is 0 Å². The van der Waals surface area contributed by atoms with Gasteiger partial charge in [0.05, 0.1) is 6.61 Å². The van der Waals surface area contributed by atoms with Crippen LogP contribution >= 0.6 is 0 Å². The molecule has 0 spiro atoms. The number of aliphatic hydroxyl groups is 2. The molecule has 2 aromatic carbocycles. The van der Waals surface area contributed by atoms with Crippen LogP contribution in [-0.4, -0.2) is 35.6 Å². The van der Waals surface area contributed by atoms with E-state index in [1.165, 1.54) is 0 Å². The molecule has 2 aromatic rings. The Morgan fingerprint density at radius 1 is 1.23 bits per heavy atom. The largest absolute Gasteiger partial charge is 0.494 e. The fourth-order valence-electron chi connectivity index (χ4n) is 4.25. The lowest BCUT2D eigenvalue weighted by Crippen LogP contribution is -2.44. The standard InChI is InChI=1S/C25H30O6/c1-5-13-29-21-14-16(28-6-2)7-9-19(21)25(27)15-30-22-17-11-12-24(3,4)31-20(17)10-8-18(22)23(25)26/h5,7-10,14,23,26-27H,1,6,11-13,15H2,2-4H3. The number of fused-ring (bicyclic) bond motifs is 3. The molecule has 2 atom stereocenters. The zero-order chi connectivity index (χ0) is 22.2. The van der Waals surface area contributed by atoms with E-state index in [0.29, 0.717) is 35.0 Å². The van der Waals surface area contributed by atoms with Crippen molar-refractivity contribution in [1.29, 1.82) is 0 Å². The summed E-state index contributed by atoms with van der Waals surface area (Å²) in [6.07, 6.45) is 2.06. The molecule has 4 rings (SSSR count). The molecule has 2 aliphatic heterocycles. The topological polar surface area (TPSA) is 77.4 Å². The van der Waals surface area contributed by atoms with Gasteiger partial charge in [0.15, 0.2) is 5.60 Å². The van der Waals surface area contributed by atoms with E-state index >= 15 is 0 Å². The van der Waals surface area contributed by atoms with Crippen molar-refractivity contribution < 1.29 is 29.2 Å². The van der Waals surface area contributed by atoms with Crippen LogP contribution < -0.4 is 18.9 Å². The lowest BCUT2D eigenvalue weighted by Gasteiger charge is -2.41. The van der Waals surface area contributed by atoms with Gasteiger partial charge in [-0.3, -0.25) is 0 Å². The Balaban J connectivity index is 1.73. The molecule has 2 N–H and O–H groups in total. The quantitative estimate of drug-likeness (QED) is 0.678. The number of hydrogen-bond donors (Lipinski definition) is 2. The zero-order valence-electron chi connectivity index (χ0n) is 18.3. The molecule has 0 aliphatic carbocycles. The molecule has 2 aliphatic rings. The van der Waals surface area contributed by atoms with Gasteiger partial charge in [-0.25, -0.2) is 0 Å². The molecule has 0 saturated carbocycles. The maximum Gasteiger partial charge on any atom is 0.157 e. The molecule has 0 fully saturated rings. The summed E-state index contributed by atoms with van der Waals surface area (Å²) in [5.74, 6) is 2.41. The number of ether oxygens (including phenoxy) is 4. The first-order chi connectivity index (χ1) is 14.8. The second kappa shape index (κ2) is 8.09. The minimum Gasteiger partial charge on any atom is -0.494 e. The van der Waals surface area contributed by atoms with Crippen LogP contribution in [0.15, 0.2) is 43.0 Å². The van der Waals surface area contributed by atoms with Crippen molar-refractivity contribution in [2.75, 3.05) is 19.8 Å². The molecule has 31 heavy (non-hydrogen) atoms. The molecule has 2 unspecified atom stereocenters. The van der Waals surface area contributed by atoms with Crippen molar-refractivity contribution in [3.05, 3.63) is 59.7 Å². The highest BCUT2D eigenvalue weighted by molar-refractivity contribution is 5.56. The van der Waals surface area contributed by atoms with E-state index in [1.54, 1.807) is 30.3 Å². The number of hydrogen-bond acceptors (Lipinski definition) is 6. The molecule has 0 bridgehead atoms. The molecule has 0 saturated heterocycles. The normalized spacial score (nSPS) is 23.6. The Kier molecular flexibility index (Phi) is 5.62. The van der Waals surface area contributed by atoms with Crippen LogP contribution in [0.25, 0.3) is 0 Å². The maximum absolute atomic E-state index is 11.6. The van der Waals surface area contributed by atoms with Crippen molar-refractivity contribution in [1.82, 2.24) is 0 Å². The van der Waals surface area contributed by atoms with E-state index in [4.69, 9.17) is 18.9 Å². The smallest absolute Gasteiger partial charge is 0.157 e. The molecule has 6 heteroatoms. The van der Waals surface area contributed by atoms with Crippen LogP contribution in [0.3, 0.4) is 0 Å². The molecule has 0 amide bonds. The van der Waals surface area contributed by atoms with E-state index in [9.17, 15) is 10.2 Å². The van der Waals surface area contributed by atoms with Crippen molar-refractivity contribution in [2.45, 2.75) is 50.9 Å². The summed E-state index contributed by atoms with van der Waals surface area (Å²) in [6, 6.07) is 8.79. The Hall–Kier alpha value is -2.70. The third-order valence-electron chi connectivity index (χ3n) is 5.88. The van der Waals surface area contributed by atoms with Crippen molar-refractivity contribution >= 4 is 0 Å². The van der Waals surface area contributed by atoms with Gasteiger partial charge in [0.25, 0.3) is 0 Å². The lowest BCUT2D eigenvalue weighted by molar-refractivity contribution is -0.122. The summed E-state index contributed by atoms with van der Waals surface area (Å²) in [5, 5.41) is 22.9. The Labute approximate surface area is 183 Å². The SMILES string of the molecule is C=CCOc1cc(OCC)ccc1C1(O)COc2c(ccc3c2CCC(C)(C)O3)C1O. The second-order valence-corrected chi connectivity index (χ2v) is 8.63. The van der Waals surface area contributed by atoms with Crippen molar-refractivity contribution in [2.24, 2.45) is 0 Å². The highest BCUT2D eigenvalue weighted by Crippen LogP contribution is 2.50. The Morgan fingerprint density at radius 3 is 2.77 bits per heavy atom. The van der Waals surface area contributed by atoms with Crippen LogP contribution in [0.2, 0.25) is 0 Å². The van der Waals surface area contributed by atoms with Gasteiger partial charge in [0.2, 0.25) is 0 Å². The van der Waals surface area contributed by atoms with E-state index in [2.05, 4.69) is 20.4 Å². The third-order valence-corrected chi connectivity index (χ3v) is 5.88. The zero-order valence-corrected chi connectivity index (χ0v) is 18.3. The Morgan fingerprint density at radius 2 is 2.03 bits per heavy atom. The summed E-state index contributed by atoms with van der Waals surface area (Å²) in [7, 11) is 0. The van der Waals surface area contributed by atoms with E-state index in [-0.39, 0.29) is 18.8 Å². The van der Waals surface area contributed by atoms with Crippen LogP contribution in [-0.2, 0) is 12.0 Å². The van der Waals surface area contributed by atoms with Crippen LogP contribution in [0.1, 0.15) is 50.0 Å². The maximum atomic E-state index is 11.6. The predicted molar refractivity (Wildman–Crippen MR) is 117 cm³/mol. The van der Waals surface area contributed by atoms with Gasteiger partial charge in [0, 0.05) is 22.8 Å². The van der Waals surface area contributed by atoms with Gasteiger partial charge in [-0.2, -0.15) is 0 Å². The first-order valence-electron chi connectivity index (χ1n) is 10.7. The van der Waals surface area contributed by atoms with Gasteiger partial charge in [-0.05, 0) is 57.9 Å². The first kappa shape index (κ1) is 21.5. The number of benzene rings is 2. The van der Waals surface area contributed by atoms with Crippen LogP contribution in [0, 0.1) is 0 Å². The van der Waals surface area contributed by atoms with E-state index < -0.39 is 11.7 Å². The minimum absolute atomic E-state index is 0.112. The molecule has 6 nitrogen and oxygen atoms in total. The fourth-order valence-corrected chi connectivity index (χ4v) is 4.25. The van der Waals surface area contributed by atoms with Gasteiger partial charge in [-0.15, -0.1) is 0 Å². The fraction of sp³-hybridized carbons (Fsp3) is 0.440. The van der Waals surface area contributed by atoms with Crippen LogP contribution in [0.5, 0.6) is 23.0 Å². The van der Waals surface area contributed by atoms with Gasteiger partial charge in [0.1, 0.15) is 47.9 Å². The number of rotatable bonds is 6. The van der Waals surface area contributed by atoms with E-state index in [1.807, 2.05) is 13.0 Å². The average molecular weight is 427 g/mol. The molecule has 0 radical (unpaired) electrons. The summed E-state index contributed by atoms with van der Waals surface area (Å²) in [5.41, 5.74) is -0.00940. The van der Waals surface area contributed by atoms with Gasteiger partial charge in [-0.1, -0.05) is 12.7 Å². The second-order valence-electron chi connectivity index (χ2n) is 8.63. The highest BCUT2D eigenvalue weighted by Gasteiger charge is 2.47. The Bertz CT molecular complexity index is 982. The summed E-state index contributed by atoms with van der Waals surface area (Å²) < 4.78 is 23.5. The monoisotopic (exact) mass is 426 g/mol. The van der Waals surface area contributed by atoms with E-state index in [0.717, 1.165) is 24.2 Å². The summed E-state index contributed by atoms with van der Waals surface area (Å²) in [6.45, 7) is 10.3. The van der Waals surface area contributed by atoms with Gasteiger partial charge < -0.3 is 29.2 Å². The highest BCUT2D eigenvalue weighted by atomic mass is 16.5. The summed E-state index contributed by atoms with van der Waals surface area (Å²) in [4.78, 5) is 0. The molecule has 2 heterocycles. The van der Waals surface area contributed by atoms with Crippen molar-refractivity contribution in [3.8, 4) is 23.0 Å². The van der Waals surface area contributed by atoms with Crippen molar-refractivity contribution in [3.63, 3.8) is 0 Å². The predicted octanol–water partition coefficient (Wildman–Crippen LogP) is 4.07. The first-order valence-corrected chi connectivity index (χ1v) is 10.7. The molecule has 166 valence electrons. The molecular formula is C25H30O6. The third kappa shape index (κ3) is 3.86. The minimum atomic E-state index is -1.68. The molecule has 0 aromatic heterocycles. The van der Waals surface area contributed by atoms with Gasteiger partial charge >= 0.3 is 0 Å².